The number of hydrogen-bond donors (Lipinski definition) is 0. The van der Waals surface area contributed by atoms with E-state index in [4.69, 9.17) is 18.9 Å². The van der Waals surface area contributed by atoms with E-state index in [2.05, 4.69) is 36.8 Å². The van der Waals surface area contributed by atoms with Crippen molar-refractivity contribution in [2.75, 3.05) is 21.3 Å². The maximum atomic E-state index is 5.75. The quantitative estimate of drug-likeness (QED) is 0.719. The summed E-state index contributed by atoms with van der Waals surface area (Å²) >= 11 is 6.74. The maximum absolute atomic E-state index is 5.75. The van der Waals surface area contributed by atoms with Crippen molar-refractivity contribution in [2.24, 2.45) is 0 Å². The minimum atomic E-state index is 0.437. The van der Waals surface area contributed by atoms with Gasteiger partial charge in [-0.2, -0.15) is 0 Å². The third-order valence-corrected chi connectivity index (χ3v) is 3.63. The van der Waals surface area contributed by atoms with Crippen molar-refractivity contribution in [3.05, 3.63) is 33.3 Å². The third-order valence-electron chi connectivity index (χ3n) is 2.63. The molecule has 0 aliphatic carbocycles. The van der Waals surface area contributed by atoms with Crippen LogP contribution >= 0.6 is 31.9 Å². The highest BCUT2D eigenvalue weighted by Gasteiger charge is 2.15. The fraction of sp³-hybridized carbons (Fsp3) is 0.214. The summed E-state index contributed by atoms with van der Waals surface area (Å²) in [5, 5.41) is 0. The Bertz CT molecular complexity index is 624. The van der Waals surface area contributed by atoms with E-state index in [0.717, 1.165) is 8.95 Å². The van der Waals surface area contributed by atoms with Crippen LogP contribution in [-0.2, 0) is 0 Å². The first-order valence-electron chi connectivity index (χ1n) is 5.88. The molecule has 0 amide bonds. The Morgan fingerprint density at radius 3 is 2.00 bits per heavy atom. The van der Waals surface area contributed by atoms with Crippen LogP contribution < -0.4 is 18.9 Å². The van der Waals surface area contributed by atoms with Gasteiger partial charge < -0.3 is 18.9 Å². The summed E-state index contributed by atoms with van der Waals surface area (Å²) in [5.74, 6) is 2.50. The van der Waals surface area contributed by atoms with E-state index >= 15 is 0 Å². The van der Waals surface area contributed by atoms with E-state index in [1.54, 1.807) is 39.7 Å². The molecule has 0 saturated heterocycles. The van der Waals surface area contributed by atoms with Crippen LogP contribution in [0.5, 0.6) is 28.9 Å². The van der Waals surface area contributed by atoms with Crippen molar-refractivity contribution in [1.29, 1.82) is 0 Å². The number of hydrogen-bond acceptors (Lipinski definition) is 5. The molecule has 0 spiro atoms. The second kappa shape index (κ2) is 7.00. The average Bonchev–Trinajstić information content (AvgIpc) is 2.49. The lowest BCUT2D eigenvalue weighted by atomic mass is 10.2. The number of pyridine rings is 1. The summed E-state index contributed by atoms with van der Waals surface area (Å²) < 4.78 is 23.2. The van der Waals surface area contributed by atoms with Gasteiger partial charge in [-0.3, -0.25) is 0 Å². The summed E-state index contributed by atoms with van der Waals surface area (Å²) in [6.07, 6.45) is 1.65. The van der Waals surface area contributed by atoms with E-state index in [-0.39, 0.29) is 0 Å². The van der Waals surface area contributed by atoms with E-state index in [9.17, 15) is 0 Å². The Morgan fingerprint density at radius 2 is 1.52 bits per heavy atom. The van der Waals surface area contributed by atoms with E-state index in [1.807, 2.05) is 6.07 Å². The predicted octanol–water partition coefficient (Wildman–Crippen LogP) is 4.42. The van der Waals surface area contributed by atoms with Crippen LogP contribution in [-0.4, -0.2) is 26.3 Å². The highest BCUT2D eigenvalue weighted by atomic mass is 79.9. The van der Waals surface area contributed by atoms with Crippen LogP contribution in [0.1, 0.15) is 0 Å². The van der Waals surface area contributed by atoms with Crippen LogP contribution in [0.4, 0.5) is 0 Å². The highest BCUT2D eigenvalue weighted by Crippen LogP contribution is 2.42. The van der Waals surface area contributed by atoms with Crippen LogP contribution in [0.3, 0.4) is 0 Å². The van der Waals surface area contributed by atoms with Crippen molar-refractivity contribution < 1.29 is 18.9 Å². The Hall–Kier alpha value is -1.47. The standard InChI is InChI=1S/C14H13Br2NO4/c1-18-11-5-9(6-12(19-2)13(11)20-3)21-14-10(16)4-8(15)7-17-14/h4-7H,1-3H3. The number of benzene rings is 1. The lowest BCUT2D eigenvalue weighted by Crippen LogP contribution is -1.96. The van der Waals surface area contributed by atoms with Crippen LogP contribution in [0.25, 0.3) is 0 Å². The first-order chi connectivity index (χ1) is 10.1. The molecule has 2 rings (SSSR count). The van der Waals surface area contributed by atoms with Crippen molar-refractivity contribution in [2.45, 2.75) is 0 Å². The Labute approximate surface area is 139 Å². The van der Waals surface area contributed by atoms with E-state index in [0.29, 0.717) is 28.9 Å². The van der Waals surface area contributed by atoms with Gasteiger partial charge in [0.25, 0.3) is 0 Å². The summed E-state index contributed by atoms with van der Waals surface area (Å²) in [6, 6.07) is 5.26. The number of nitrogens with zero attached hydrogens (tertiary/aromatic N) is 1. The summed E-state index contributed by atoms with van der Waals surface area (Å²) in [5.41, 5.74) is 0. The van der Waals surface area contributed by atoms with Gasteiger partial charge in [0.05, 0.1) is 25.8 Å². The molecule has 0 saturated carbocycles. The molecule has 2 aromatic rings. The molecule has 112 valence electrons. The van der Waals surface area contributed by atoms with Crippen LogP contribution in [0.2, 0.25) is 0 Å². The van der Waals surface area contributed by atoms with Crippen molar-refractivity contribution in [1.82, 2.24) is 4.98 Å². The zero-order valence-electron chi connectivity index (χ0n) is 11.6. The summed E-state index contributed by atoms with van der Waals surface area (Å²) in [7, 11) is 4.65. The molecule has 0 fully saturated rings. The molecule has 0 radical (unpaired) electrons. The van der Waals surface area contributed by atoms with E-state index in [1.165, 1.54) is 0 Å². The van der Waals surface area contributed by atoms with Crippen molar-refractivity contribution in [3.63, 3.8) is 0 Å². The Balaban J connectivity index is 2.40. The second-order valence-electron chi connectivity index (χ2n) is 3.90. The second-order valence-corrected chi connectivity index (χ2v) is 5.67. The largest absolute Gasteiger partial charge is 0.493 e. The monoisotopic (exact) mass is 417 g/mol. The molecule has 7 heteroatoms. The SMILES string of the molecule is COc1cc(Oc2ncc(Br)cc2Br)cc(OC)c1OC. The zero-order valence-corrected chi connectivity index (χ0v) is 14.8. The van der Waals surface area contributed by atoms with Gasteiger partial charge in [0.2, 0.25) is 11.6 Å². The van der Waals surface area contributed by atoms with Crippen LogP contribution in [0, 0.1) is 0 Å². The molecule has 1 aromatic heterocycles. The normalized spacial score (nSPS) is 10.1. The molecule has 5 nitrogen and oxygen atoms in total. The highest BCUT2D eigenvalue weighted by molar-refractivity contribution is 9.11. The first-order valence-corrected chi connectivity index (χ1v) is 7.46. The van der Waals surface area contributed by atoms with Gasteiger partial charge >= 0.3 is 0 Å². The van der Waals surface area contributed by atoms with Crippen molar-refractivity contribution >= 4 is 31.9 Å². The molecule has 0 bridgehead atoms. The molecule has 1 aromatic carbocycles. The molecular formula is C14H13Br2NO4. The average molecular weight is 419 g/mol. The van der Waals surface area contributed by atoms with Gasteiger partial charge in [0, 0.05) is 22.8 Å². The lowest BCUT2D eigenvalue weighted by Gasteiger charge is -2.14. The number of ether oxygens (including phenoxy) is 4. The Morgan fingerprint density at radius 1 is 0.905 bits per heavy atom. The predicted molar refractivity (Wildman–Crippen MR) is 85.8 cm³/mol. The van der Waals surface area contributed by atoms with Crippen LogP contribution in [0.15, 0.2) is 33.3 Å². The molecule has 0 atom stereocenters. The minimum Gasteiger partial charge on any atom is -0.493 e. The number of rotatable bonds is 5. The number of aromatic nitrogens is 1. The zero-order chi connectivity index (χ0) is 15.4. The lowest BCUT2D eigenvalue weighted by molar-refractivity contribution is 0.320. The first kappa shape index (κ1) is 15.9. The molecular weight excluding hydrogens is 406 g/mol. The number of methoxy groups -OCH3 is 3. The number of halogens is 2. The molecule has 0 aliphatic heterocycles. The summed E-state index contributed by atoms with van der Waals surface area (Å²) in [4.78, 5) is 4.20. The van der Waals surface area contributed by atoms with Gasteiger partial charge in [-0.25, -0.2) is 4.98 Å². The topological polar surface area (TPSA) is 49.8 Å². The van der Waals surface area contributed by atoms with Gasteiger partial charge in [-0.05, 0) is 37.9 Å². The molecule has 0 unspecified atom stereocenters. The van der Waals surface area contributed by atoms with Gasteiger partial charge in [-0.1, -0.05) is 0 Å². The summed E-state index contributed by atoms with van der Waals surface area (Å²) in [6.45, 7) is 0. The fourth-order valence-electron chi connectivity index (χ4n) is 1.70. The smallest absolute Gasteiger partial charge is 0.233 e. The van der Waals surface area contributed by atoms with Gasteiger partial charge in [0.1, 0.15) is 5.75 Å². The molecule has 0 aliphatic rings. The maximum Gasteiger partial charge on any atom is 0.233 e. The molecule has 1 heterocycles. The Kier molecular flexibility index (Phi) is 5.30. The molecule has 21 heavy (non-hydrogen) atoms. The van der Waals surface area contributed by atoms with E-state index < -0.39 is 0 Å². The molecule has 0 N–H and O–H groups in total. The fourth-order valence-corrected chi connectivity index (χ4v) is 2.77. The third kappa shape index (κ3) is 3.59. The van der Waals surface area contributed by atoms with Gasteiger partial charge in [0.15, 0.2) is 11.5 Å². The van der Waals surface area contributed by atoms with Crippen molar-refractivity contribution in [3.8, 4) is 28.9 Å². The van der Waals surface area contributed by atoms with Gasteiger partial charge in [-0.15, -0.1) is 0 Å². The minimum absolute atomic E-state index is 0.437.